The summed E-state index contributed by atoms with van der Waals surface area (Å²) in [6.45, 7) is 0.974. The molecular formula is C28H31BrN2O10. The maximum absolute atomic E-state index is 11.4. The number of imide groups is 2. The van der Waals surface area contributed by atoms with Crippen LogP contribution < -0.4 is 24.3 Å². The number of aldehydes is 2. The lowest BCUT2D eigenvalue weighted by Gasteiger charge is -2.15. The molecule has 0 aliphatic carbocycles. The van der Waals surface area contributed by atoms with Crippen molar-refractivity contribution in [3.63, 3.8) is 0 Å². The zero-order valence-electron chi connectivity index (χ0n) is 22.7. The van der Waals surface area contributed by atoms with Gasteiger partial charge in [-0.3, -0.25) is 39.0 Å². The fraction of sp³-hybridized carbons (Fsp3) is 0.357. The Morgan fingerprint density at radius 3 is 1.56 bits per heavy atom. The maximum Gasteiger partial charge on any atom is 0.229 e. The zero-order chi connectivity index (χ0) is 30.2. The summed E-state index contributed by atoms with van der Waals surface area (Å²) in [5.41, 5.74) is 1.06. The number of benzene rings is 2. The predicted octanol–water partition coefficient (Wildman–Crippen LogP) is 2.74. The van der Waals surface area contributed by atoms with Crippen molar-refractivity contribution in [3.8, 4) is 23.0 Å². The van der Waals surface area contributed by atoms with Gasteiger partial charge in [0.1, 0.15) is 19.2 Å². The van der Waals surface area contributed by atoms with E-state index >= 15 is 0 Å². The first kappa shape index (κ1) is 32.9. The maximum atomic E-state index is 11.4. The molecule has 13 heteroatoms. The second-order valence-electron chi connectivity index (χ2n) is 8.35. The molecule has 2 aromatic rings. The average Bonchev–Trinajstić information content (AvgIpc) is 3.54. The van der Waals surface area contributed by atoms with Crippen LogP contribution in [0, 0.1) is 0 Å². The largest absolute Gasteiger partial charge is 0.493 e. The number of methoxy groups -OCH3 is 2. The van der Waals surface area contributed by atoms with E-state index in [1.54, 1.807) is 43.5 Å². The second kappa shape index (κ2) is 17.4. The number of hydrogen-bond acceptors (Lipinski definition) is 10. The van der Waals surface area contributed by atoms with Crippen LogP contribution in [0.25, 0.3) is 0 Å². The highest BCUT2D eigenvalue weighted by Gasteiger charge is 2.28. The summed E-state index contributed by atoms with van der Waals surface area (Å²) in [6.07, 6.45) is 2.79. The van der Waals surface area contributed by atoms with Crippen molar-refractivity contribution in [3.05, 3.63) is 47.5 Å². The highest BCUT2D eigenvalue weighted by Crippen LogP contribution is 2.28. The number of nitrogens with zero attached hydrogens (tertiary/aromatic N) is 1. The van der Waals surface area contributed by atoms with E-state index in [0.717, 1.165) is 11.6 Å². The normalized spacial score (nSPS) is 13.8. The molecule has 0 aromatic heterocycles. The Morgan fingerprint density at radius 1 is 0.732 bits per heavy atom. The van der Waals surface area contributed by atoms with Crippen LogP contribution in [-0.4, -0.2) is 80.4 Å². The SMILES string of the molecule is COc1cc(C=O)ccc1OCCBr.COc1cc(C=O)ccc1OCCN1C(=O)CCC1=O.O=C1CCC(=O)N1. The van der Waals surface area contributed by atoms with E-state index in [4.69, 9.17) is 18.9 Å². The third-order valence-electron chi connectivity index (χ3n) is 5.57. The van der Waals surface area contributed by atoms with Crippen molar-refractivity contribution >= 4 is 52.1 Å². The smallest absolute Gasteiger partial charge is 0.229 e. The van der Waals surface area contributed by atoms with E-state index in [1.807, 2.05) is 0 Å². The standard InChI is InChI=1S/C14H15NO5.C10H11BrO3.C4H5NO2/c1-19-12-8-10(9-16)2-3-11(12)20-7-6-15-13(17)4-5-14(15)18;1-13-10-6-8(7-12)2-3-9(10)14-5-4-11;6-3-1-2-4(7)5-3/h2-3,8-9H,4-7H2,1H3;2-3,6-7H,4-5H2,1H3;1-2H2,(H,5,6,7). The molecule has 41 heavy (non-hydrogen) atoms. The minimum atomic E-state index is -0.165. The number of carbonyl (C=O) groups excluding carboxylic acids is 6. The number of rotatable bonds is 11. The van der Waals surface area contributed by atoms with Crippen LogP contribution >= 0.6 is 15.9 Å². The highest BCUT2D eigenvalue weighted by molar-refractivity contribution is 9.09. The summed E-state index contributed by atoms with van der Waals surface area (Å²) in [4.78, 5) is 65.4. The fourth-order valence-electron chi connectivity index (χ4n) is 3.53. The van der Waals surface area contributed by atoms with Gasteiger partial charge in [0, 0.05) is 42.1 Å². The van der Waals surface area contributed by atoms with Gasteiger partial charge in [-0.05, 0) is 36.4 Å². The van der Waals surface area contributed by atoms with E-state index in [9.17, 15) is 28.8 Å². The molecule has 2 heterocycles. The molecule has 0 spiro atoms. The molecule has 0 bridgehead atoms. The van der Waals surface area contributed by atoms with Crippen molar-refractivity contribution in [1.29, 1.82) is 0 Å². The molecule has 2 aliphatic rings. The summed E-state index contributed by atoms with van der Waals surface area (Å²) >= 11 is 3.26. The molecular weight excluding hydrogens is 604 g/mol. The Kier molecular flexibility index (Phi) is 14.0. The molecule has 1 N–H and O–H groups in total. The number of hydrogen-bond donors (Lipinski definition) is 1. The van der Waals surface area contributed by atoms with E-state index in [1.165, 1.54) is 12.0 Å². The van der Waals surface area contributed by atoms with Crippen LogP contribution in [0.4, 0.5) is 0 Å². The van der Waals surface area contributed by atoms with Crippen molar-refractivity contribution in [2.75, 3.05) is 39.3 Å². The third-order valence-corrected chi connectivity index (χ3v) is 5.89. The Balaban J connectivity index is 0.000000241. The summed E-state index contributed by atoms with van der Waals surface area (Å²) in [5, 5.41) is 2.89. The van der Waals surface area contributed by atoms with Crippen LogP contribution in [-0.2, 0) is 19.2 Å². The molecule has 4 rings (SSSR count). The fourth-order valence-corrected chi connectivity index (χ4v) is 3.69. The van der Waals surface area contributed by atoms with E-state index in [2.05, 4.69) is 21.2 Å². The van der Waals surface area contributed by atoms with Crippen molar-refractivity contribution in [2.24, 2.45) is 0 Å². The Labute approximate surface area is 245 Å². The number of amides is 4. The van der Waals surface area contributed by atoms with Gasteiger partial charge in [-0.2, -0.15) is 0 Å². The summed E-state index contributed by atoms with van der Waals surface area (Å²) in [7, 11) is 3.02. The number of likely N-dealkylation sites (tertiary alicyclic amines) is 1. The van der Waals surface area contributed by atoms with Gasteiger partial charge in [0.25, 0.3) is 0 Å². The highest BCUT2D eigenvalue weighted by atomic mass is 79.9. The van der Waals surface area contributed by atoms with Crippen LogP contribution in [0.15, 0.2) is 36.4 Å². The number of halogens is 1. The predicted molar refractivity (Wildman–Crippen MR) is 150 cm³/mol. The van der Waals surface area contributed by atoms with Crippen LogP contribution in [0.3, 0.4) is 0 Å². The van der Waals surface area contributed by atoms with Gasteiger partial charge in [-0.25, -0.2) is 0 Å². The quantitative estimate of drug-likeness (QED) is 0.222. The average molecular weight is 635 g/mol. The molecule has 4 amide bonds. The first-order valence-electron chi connectivity index (χ1n) is 12.5. The number of alkyl halides is 1. The van der Waals surface area contributed by atoms with Gasteiger partial charge in [-0.1, -0.05) is 15.9 Å². The van der Waals surface area contributed by atoms with Crippen molar-refractivity contribution in [1.82, 2.24) is 10.2 Å². The van der Waals surface area contributed by atoms with Gasteiger partial charge in [0.15, 0.2) is 23.0 Å². The molecule has 0 saturated carbocycles. The van der Waals surface area contributed by atoms with Gasteiger partial charge >= 0.3 is 0 Å². The Hall–Kier alpha value is -4.26. The Morgan fingerprint density at radius 2 is 1.20 bits per heavy atom. The summed E-state index contributed by atoms with van der Waals surface area (Å²) < 4.78 is 21.1. The molecule has 2 saturated heterocycles. The number of nitrogens with one attached hydrogen (secondary N) is 1. The topological polar surface area (TPSA) is 155 Å². The molecule has 0 atom stereocenters. The van der Waals surface area contributed by atoms with Gasteiger partial charge < -0.3 is 18.9 Å². The second-order valence-corrected chi connectivity index (χ2v) is 9.15. The van der Waals surface area contributed by atoms with Crippen LogP contribution in [0.5, 0.6) is 23.0 Å². The van der Waals surface area contributed by atoms with E-state index in [-0.39, 0.29) is 49.6 Å². The zero-order valence-corrected chi connectivity index (χ0v) is 24.3. The van der Waals surface area contributed by atoms with E-state index in [0.29, 0.717) is 59.9 Å². The van der Waals surface area contributed by atoms with Crippen molar-refractivity contribution < 1.29 is 47.7 Å². The lowest BCUT2D eigenvalue weighted by Crippen LogP contribution is -2.33. The van der Waals surface area contributed by atoms with Gasteiger partial charge in [0.2, 0.25) is 23.6 Å². The van der Waals surface area contributed by atoms with Gasteiger partial charge in [0.05, 0.1) is 27.4 Å². The third kappa shape index (κ3) is 10.7. The first-order chi connectivity index (χ1) is 19.8. The van der Waals surface area contributed by atoms with E-state index < -0.39 is 0 Å². The number of ether oxygens (including phenoxy) is 4. The lowest BCUT2D eigenvalue weighted by atomic mass is 10.2. The molecule has 2 aliphatic heterocycles. The van der Waals surface area contributed by atoms with Gasteiger partial charge in [-0.15, -0.1) is 0 Å². The number of carbonyl (C=O) groups is 6. The summed E-state index contributed by atoms with van der Waals surface area (Å²) in [6, 6.07) is 9.86. The molecule has 0 radical (unpaired) electrons. The molecule has 2 fully saturated rings. The lowest BCUT2D eigenvalue weighted by molar-refractivity contribution is -0.138. The molecule has 220 valence electrons. The Bertz CT molecular complexity index is 1220. The summed E-state index contributed by atoms with van der Waals surface area (Å²) in [5.74, 6) is 1.51. The minimum absolute atomic E-state index is 0.148. The monoisotopic (exact) mass is 634 g/mol. The molecule has 2 aromatic carbocycles. The van der Waals surface area contributed by atoms with Crippen molar-refractivity contribution in [2.45, 2.75) is 25.7 Å². The molecule has 12 nitrogen and oxygen atoms in total. The van der Waals surface area contributed by atoms with Crippen LogP contribution in [0.2, 0.25) is 0 Å². The minimum Gasteiger partial charge on any atom is -0.493 e. The molecule has 0 unspecified atom stereocenters. The first-order valence-corrected chi connectivity index (χ1v) is 13.6. The van der Waals surface area contributed by atoms with Crippen LogP contribution in [0.1, 0.15) is 46.4 Å².